The van der Waals surface area contributed by atoms with E-state index in [1.165, 1.54) is 18.2 Å². The average molecular weight is 280 g/mol. The monoisotopic (exact) mass is 279 g/mol. The summed E-state index contributed by atoms with van der Waals surface area (Å²) in [5.74, 6) is -0.905. The van der Waals surface area contributed by atoms with Gasteiger partial charge in [-0.1, -0.05) is 17.7 Å². The number of amides is 1. The van der Waals surface area contributed by atoms with E-state index in [4.69, 9.17) is 11.6 Å². The van der Waals surface area contributed by atoms with Crippen molar-refractivity contribution in [3.63, 3.8) is 0 Å². The highest BCUT2D eigenvalue weighted by atomic mass is 35.5. The Morgan fingerprint density at radius 1 is 1.32 bits per heavy atom. The molecule has 0 aromatic heterocycles. The Labute approximate surface area is 114 Å². The predicted molar refractivity (Wildman–Crippen MR) is 72.2 cm³/mol. The largest absolute Gasteiger partial charge is 0.508 e. The molecule has 2 aromatic rings. The van der Waals surface area contributed by atoms with Crippen molar-refractivity contribution in [2.24, 2.45) is 0 Å². The molecular weight excluding hydrogens is 269 g/mol. The van der Waals surface area contributed by atoms with Crippen LogP contribution in [0.15, 0.2) is 36.4 Å². The second-order valence-corrected chi connectivity index (χ2v) is 4.44. The van der Waals surface area contributed by atoms with Crippen LogP contribution in [0.1, 0.15) is 15.9 Å². The van der Waals surface area contributed by atoms with E-state index in [2.05, 4.69) is 5.32 Å². The third kappa shape index (κ3) is 2.85. The van der Waals surface area contributed by atoms with Crippen LogP contribution in [-0.2, 0) is 0 Å². The van der Waals surface area contributed by atoms with E-state index < -0.39 is 11.7 Å². The van der Waals surface area contributed by atoms with Crippen LogP contribution in [0.2, 0.25) is 5.02 Å². The molecule has 1 amide bonds. The standard InChI is InChI=1S/C14H11ClFNO2/c1-8-12(3-2-4-13(8)18)17-14(19)9-5-6-11(16)10(15)7-9/h2-7,18H,1H3,(H,17,19). The van der Waals surface area contributed by atoms with E-state index in [1.807, 2.05) is 0 Å². The predicted octanol–water partition coefficient (Wildman–Crippen LogP) is 3.75. The number of aromatic hydroxyl groups is 1. The maximum absolute atomic E-state index is 13.0. The minimum Gasteiger partial charge on any atom is -0.508 e. The highest BCUT2D eigenvalue weighted by Crippen LogP contribution is 2.24. The molecule has 0 radical (unpaired) electrons. The van der Waals surface area contributed by atoms with Crippen LogP contribution in [-0.4, -0.2) is 11.0 Å². The number of halogens is 2. The normalized spacial score (nSPS) is 10.3. The number of hydrogen-bond donors (Lipinski definition) is 2. The lowest BCUT2D eigenvalue weighted by Crippen LogP contribution is -2.12. The fourth-order valence-electron chi connectivity index (χ4n) is 1.59. The smallest absolute Gasteiger partial charge is 0.255 e. The number of carbonyl (C=O) groups excluding carboxylic acids is 1. The first kappa shape index (κ1) is 13.4. The summed E-state index contributed by atoms with van der Waals surface area (Å²) in [5, 5.41) is 12.1. The van der Waals surface area contributed by atoms with Gasteiger partial charge in [-0.2, -0.15) is 0 Å². The van der Waals surface area contributed by atoms with E-state index in [9.17, 15) is 14.3 Å². The number of benzene rings is 2. The molecule has 0 saturated carbocycles. The lowest BCUT2D eigenvalue weighted by molar-refractivity contribution is 0.102. The summed E-state index contributed by atoms with van der Waals surface area (Å²) < 4.78 is 13.0. The summed E-state index contributed by atoms with van der Waals surface area (Å²) in [4.78, 5) is 12.0. The van der Waals surface area contributed by atoms with Gasteiger partial charge >= 0.3 is 0 Å². The van der Waals surface area contributed by atoms with Crippen molar-refractivity contribution in [3.8, 4) is 5.75 Å². The summed E-state index contributed by atoms with van der Waals surface area (Å²) >= 11 is 5.62. The maximum Gasteiger partial charge on any atom is 0.255 e. The number of nitrogens with one attached hydrogen (secondary N) is 1. The van der Waals surface area contributed by atoms with E-state index in [1.54, 1.807) is 19.1 Å². The summed E-state index contributed by atoms with van der Waals surface area (Å²) in [7, 11) is 0. The van der Waals surface area contributed by atoms with E-state index in [0.717, 1.165) is 6.07 Å². The van der Waals surface area contributed by atoms with Crippen molar-refractivity contribution in [1.29, 1.82) is 0 Å². The molecule has 98 valence electrons. The molecule has 0 saturated heterocycles. The molecule has 0 bridgehead atoms. The van der Waals surface area contributed by atoms with Crippen LogP contribution >= 0.6 is 11.6 Å². The van der Waals surface area contributed by atoms with Gasteiger partial charge in [-0.15, -0.1) is 0 Å². The topological polar surface area (TPSA) is 49.3 Å². The molecule has 0 aliphatic carbocycles. The van der Waals surface area contributed by atoms with Crippen LogP contribution in [0.4, 0.5) is 10.1 Å². The number of phenolic OH excluding ortho intramolecular Hbond substituents is 1. The zero-order valence-corrected chi connectivity index (χ0v) is 10.8. The Balaban J connectivity index is 2.26. The Morgan fingerprint density at radius 3 is 2.74 bits per heavy atom. The Morgan fingerprint density at radius 2 is 2.05 bits per heavy atom. The first-order chi connectivity index (χ1) is 8.99. The van der Waals surface area contributed by atoms with Crippen LogP contribution in [0.5, 0.6) is 5.75 Å². The van der Waals surface area contributed by atoms with Crippen molar-refractivity contribution in [3.05, 3.63) is 58.4 Å². The first-order valence-corrected chi connectivity index (χ1v) is 5.92. The highest BCUT2D eigenvalue weighted by Gasteiger charge is 2.11. The van der Waals surface area contributed by atoms with Gasteiger partial charge in [-0.25, -0.2) is 4.39 Å². The molecule has 0 aliphatic rings. The molecule has 0 spiro atoms. The summed E-state index contributed by atoms with van der Waals surface area (Å²) in [6.07, 6.45) is 0. The summed E-state index contributed by atoms with van der Waals surface area (Å²) in [6.45, 7) is 1.68. The number of phenols is 1. The number of carbonyl (C=O) groups is 1. The van der Waals surface area contributed by atoms with E-state index >= 15 is 0 Å². The van der Waals surface area contributed by atoms with Crippen LogP contribution < -0.4 is 5.32 Å². The summed E-state index contributed by atoms with van der Waals surface area (Å²) in [5.41, 5.74) is 1.30. The van der Waals surface area contributed by atoms with Gasteiger partial charge in [-0.3, -0.25) is 4.79 Å². The lowest BCUT2D eigenvalue weighted by atomic mass is 10.1. The third-order valence-corrected chi connectivity index (χ3v) is 3.02. The van der Waals surface area contributed by atoms with Gasteiger partial charge in [0, 0.05) is 16.8 Å². The second-order valence-electron chi connectivity index (χ2n) is 4.03. The second kappa shape index (κ2) is 5.28. The fourth-order valence-corrected chi connectivity index (χ4v) is 1.77. The molecule has 2 rings (SSSR count). The SMILES string of the molecule is Cc1c(O)cccc1NC(=O)c1ccc(F)c(Cl)c1. The van der Waals surface area contributed by atoms with Gasteiger partial charge in [0.2, 0.25) is 0 Å². The van der Waals surface area contributed by atoms with Crippen molar-refractivity contribution < 1.29 is 14.3 Å². The molecule has 0 fully saturated rings. The van der Waals surface area contributed by atoms with Gasteiger partial charge in [0.1, 0.15) is 11.6 Å². The van der Waals surface area contributed by atoms with Crippen LogP contribution in [0.25, 0.3) is 0 Å². The van der Waals surface area contributed by atoms with Gasteiger partial charge < -0.3 is 10.4 Å². The van der Waals surface area contributed by atoms with E-state index in [-0.39, 0.29) is 16.3 Å². The molecule has 5 heteroatoms. The van der Waals surface area contributed by atoms with Crippen molar-refractivity contribution >= 4 is 23.2 Å². The molecule has 0 aliphatic heterocycles. The van der Waals surface area contributed by atoms with Gasteiger partial charge in [0.15, 0.2) is 0 Å². The van der Waals surface area contributed by atoms with Crippen molar-refractivity contribution in [2.45, 2.75) is 6.92 Å². The van der Waals surface area contributed by atoms with Crippen molar-refractivity contribution in [1.82, 2.24) is 0 Å². The van der Waals surface area contributed by atoms with Crippen LogP contribution in [0.3, 0.4) is 0 Å². The minimum atomic E-state index is -0.577. The van der Waals surface area contributed by atoms with Crippen molar-refractivity contribution in [2.75, 3.05) is 5.32 Å². The zero-order valence-electron chi connectivity index (χ0n) is 10.1. The maximum atomic E-state index is 13.0. The van der Waals surface area contributed by atoms with E-state index in [0.29, 0.717) is 11.3 Å². The zero-order chi connectivity index (χ0) is 14.0. The Hall–Kier alpha value is -2.07. The Kier molecular flexibility index (Phi) is 3.71. The highest BCUT2D eigenvalue weighted by molar-refractivity contribution is 6.31. The summed E-state index contributed by atoms with van der Waals surface area (Å²) in [6, 6.07) is 8.54. The van der Waals surface area contributed by atoms with Gasteiger partial charge in [0.05, 0.1) is 5.02 Å². The third-order valence-electron chi connectivity index (χ3n) is 2.74. The van der Waals surface area contributed by atoms with Crippen LogP contribution in [0, 0.1) is 12.7 Å². The Bertz CT molecular complexity index is 643. The number of hydrogen-bond acceptors (Lipinski definition) is 2. The molecule has 3 nitrogen and oxygen atoms in total. The lowest BCUT2D eigenvalue weighted by Gasteiger charge is -2.09. The minimum absolute atomic E-state index is 0.0925. The average Bonchev–Trinajstić information content (AvgIpc) is 2.38. The number of rotatable bonds is 2. The molecule has 2 N–H and O–H groups in total. The fraction of sp³-hybridized carbons (Fsp3) is 0.0714. The molecule has 0 unspecified atom stereocenters. The van der Waals surface area contributed by atoms with Gasteiger partial charge in [-0.05, 0) is 37.3 Å². The molecular formula is C14H11ClFNO2. The molecule has 0 heterocycles. The quantitative estimate of drug-likeness (QED) is 0.880. The molecule has 2 aromatic carbocycles. The van der Waals surface area contributed by atoms with Gasteiger partial charge in [0.25, 0.3) is 5.91 Å². The molecule has 19 heavy (non-hydrogen) atoms. The molecule has 0 atom stereocenters. The number of anilines is 1. The first-order valence-electron chi connectivity index (χ1n) is 5.54.